The zero-order valence-corrected chi connectivity index (χ0v) is 9.52. The molecule has 0 aromatic heterocycles. The number of hydrogen-bond donors (Lipinski definition) is 0. The standard InChI is InChI=1S/C14H18/c1-5-6-7-13(4)14-9-11(2)8-12(3)10-14/h8-10,13H,7H2,1-4H3. The van der Waals surface area contributed by atoms with Crippen molar-refractivity contribution in [2.75, 3.05) is 0 Å². The summed E-state index contributed by atoms with van der Waals surface area (Å²) < 4.78 is 0. The van der Waals surface area contributed by atoms with Gasteiger partial charge in [-0.15, -0.1) is 11.8 Å². The molecule has 0 saturated heterocycles. The van der Waals surface area contributed by atoms with Gasteiger partial charge in [-0.2, -0.15) is 0 Å². The van der Waals surface area contributed by atoms with Gasteiger partial charge in [0.2, 0.25) is 0 Å². The summed E-state index contributed by atoms with van der Waals surface area (Å²) in [5.41, 5.74) is 4.10. The van der Waals surface area contributed by atoms with Gasteiger partial charge in [0.1, 0.15) is 0 Å². The van der Waals surface area contributed by atoms with E-state index in [1.54, 1.807) is 0 Å². The second-order valence-corrected chi connectivity index (χ2v) is 3.95. The Morgan fingerprint density at radius 1 is 1.14 bits per heavy atom. The lowest BCUT2D eigenvalue weighted by atomic mass is 9.95. The van der Waals surface area contributed by atoms with Crippen LogP contribution in [0.25, 0.3) is 0 Å². The van der Waals surface area contributed by atoms with E-state index >= 15 is 0 Å². The highest BCUT2D eigenvalue weighted by atomic mass is 14.1. The molecule has 0 bridgehead atoms. The van der Waals surface area contributed by atoms with Gasteiger partial charge in [-0.25, -0.2) is 0 Å². The van der Waals surface area contributed by atoms with Gasteiger partial charge in [-0.05, 0) is 32.3 Å². The van der Waals surface area contributed by atoms with E-state index in [9.17, 15) is 0 Å². The average Bonchev–Trinajstić information content (AvgIpc) is 2.12. The Labute approximate surface area is 87.4 Å². The van der Waals surface area contributed by atoms with Crippen LogP contribution < -0.4 is 0 Å². The molecule has 0 amide bonds. The molecule has 0 aliphatic heterocycles. The maximum Gasteiger partial charge on any atom is 0.0155 e. The molecule has 0 fully saturated rings. The quantitative estimate of drug-likeness (QED) is 0.616. The highest BCUT2D eigenvalue weighted by Crippen LogP contribution is 2.20. The van der Waals surface area contributed by atoms with Crippen LogP contribution >= 0.6 is 0 Å². The minimum atomic E-state index is 0.543. The summed E-state index contributed by atoms with van der Waals surface area (Å²) in [5.74, 6) is 6.63. The minimum Gasteiger partial charge on any atom is -0.107 e. The first kappa shape index (κ1) is 10.9. The topological polar surface area (TPSA) is 0 Å². The summed E-state index contributed by atoms with van der Waals surface area (Å²) >= 11 is 0. The molecule has 0 radical (unpaired) electrons. The summed E-state index contributed by atoms with van der Waals surface area (Å²) in [5, 5.41) is 0. The second-order valence-electron chi connectivity index (χ2n) is 3.95. The van der Waals surface area contributed by atoms with Crippen LogP contribution in [0.4, 0.5) is 0 Å². The van der Waals surface area contributed by atoms with Crippen molar-refractivity contribution >= 4 is 0 Å². The molecular weight excluding hydrogens is 168 g/mol. The Balaban J connectivity index is 2.87. The Bertz CT molecular complexity index is 343. The van der Waals surface area contributed by atoms with E-state index in [2.05, 4.69) is 50.8 Å². The van der Waals surface area contributed by atoms with Crippen LogP contribution in [0.3, 0.4) is 0 Å². The molecule has 0 heteroatoms. The molecule has 1 aromatic rings. The molecule has 14 heavy (non-hydrogen) atoms. The third-order valence-corrected chi connectivity index (χ3v) is 2.40. The lowest BCUT2D eigenvalue weighted by Crippen LogP contribution is -1.93. The first-order valence-corrected chi connectivity index (χ1v) is 5.11. The normalized spacial score (nSPS) is 11.7. The van der Waals surface area contributed by atoms with Crippen molar-refractivity contribution in [3.8, 4) is 11.8 Å². The van der Waals surface area contributed by atoms with Gasteiger partial charge in [-0.3, -0.25) is 0 Å². The van der Waals surface area contributed by atoms with Crippen LogP contribution in [0, 0.1) is 25.7 Å². The number of aryl methyl sites for hydroxylation is 2. The van der Waals surface area contributed by atoms with Gasteiger partial charge in [0.15, 0.2) is 0 Å². The zero-order chi connectivity index (χ0) is 10.6. The SMILES string of the molecule is CC#CCC(C)c1cc(C)cc(C)c1. The molecule has 0 N–H and O–H groups in total. The molecule has 1 unspecified atom stereocenters. The lowest BCUT2D eigenvalue weighted by Gasteiger charge is -2.10. The lowest BCUT2D eigenvalue weighted by molar-refractivity contribution is 0.793. The van der Waals surface area contributed by atoms with Gasteiger partial charge in [0.05, 0.1) is 0 Å². The second kappa shape index (κ2) is 4.86. The van der Waals surface area contributed by atoms with E-state index in [0.717, 1.165) is 6.42 Å². The molecule has 74 valence electrons. The van der Waals surface area contributed by atoms with Crippen molar-refractivity contribution in [2.24, 2.45) is 0 Å². The third-order valence-electron chi connectivity index (χ3n) is 2.40. The first-order valence-electron chi connectivity index (χ1n) is 5.11. The van der Waals surface area contributed by atoms with E-state index in [1.807, 2.05) is 6.92 Å². The maximum atomic E-state index is 3.14. The fourth-order valence-corrected chi connectivity index (χ4v) is 1.67. The molecule has 0 heterocycles. The first-order chi connectivity index (χ1) is 6.63. The molecule has 0 nitrogen and oxygen atoms in total. The smallest absolute Gasteiger partial charge is 0.0155 e. The number of benzene rings is 1. The molecule has 0 spiro atoms. The van der Waals surface area contributed by atoms with Crippen molar-refractivity contribution in [1.29, 1.82) is 0 Å². The maximum absolute atomic E-state index is 3.14. The minimum absolute atomic E-state index is 0.543. The van der Waals surface area contributed by atoms with Gasteiger partial charge >= 0.3 is 0 Å². The zero-order valence-electron chi connectivity index (χ0n) is 9.52. The largest absolute Gasteiger partial charge is 0.107 e. The number of hydrogen-bond acceptors (Lipinski definition) is 0. The predicted molar refractivity (Wildman–Crippen MR) is 62.4 cm³/mol. The van der Waals surface area contributed by atoms with Crippen molar-refractivity contribution in [1.82, 2.24) is 0 Å². The Morgan fingerprint density at radius 2 is 1.71 bits per heavy atom. The van der Waals surface area contributed by atoms with Gasteiger partial charge in [0.25, 0.3) is 0 Å². The monoisotopic (exact) mass is 186 g/mol. The number of rotatable bonds is 2. The fourth-order valence-electron chi connectivity index (χ4n) is 1.67. The van der Waals surface area contributed by atoms with Crippen molar-refractivity contribution in [3.63, 3.8) is 0 Å². The summed E-state index contributed by atoms with van der Waals surface area (Å²) in [4.78, 5) is 0. The van der Waals surface area contributed by atoms with Crippen molar-refractivity contribution in [2.45, 2.75) is 40.0 Å². The summed E-state index contributed by atoms with van der Waals surface area (Å²) in [6.07, 6.45) is 0.958. The molecule has 0 saturated carbocycles. The predicted octanol–water partition coefficient (Wildman–Crippen LogP) is 3.82. The Kier molecular flexibility index (Phi) is 3.77. The third kappa shape index (κ3) is 2.92. The van der Waals surface area contributed by atoms with E-state index < -0.39 is 0 Å². The molecular formula is C14H18. The highest BCUT2D eigenvalue weighted by Gasteiger charge is 2.04. The molecule has 0 aliphatic rings. The van der Waals surface area contributed by atoms with E-state index in [1.165, 1.54) is 16.7 Å². The van der Waals surface area contributed by atoms with Crippen LogP contribution in [0.5, 0.6) is 0 Å². The van der Waals surface area contributed by atoms with Crippen LogP contribution in [0.1, 0.15) is 42.9 Å². The van der Waals surface area contributed by atoms with Crippen molar-refractivity contribution in [3.05, 3.63) is 34.9 Å². The summed E-state index contributed by atoms with van der Waals surface area (Å²) in [6.45, 7) is 8.43. The molecule has 1 aromatic carbocycles. The van der Waals surface area contributed by atoms with Crippen LogP contribution in [-0.2, 0) is 0 Å². The average molecular weight is 186 g/mol. The van der Waals surface area contributed by atoms with E-state index in [-0.39, 0.29) is 0 Å². The molecule has 1 atom stereocenters. The summed E-state index contributed by atoms with van der Waals surface area (Å²) in [6, 6.07) is 6.73. The van der Waals surface area contributed by atoms with Crippen molar-refractivity contribution < 1.29 is 0 Å². The Hall–Kier alpha value is -1.22. The highest BCUT2D eigenvalue weighted by molar-refractivity contribution is 5.31. The molecule has 1 rings (SSSR count). The van der Waals surface area contributed by atoms with Crippen LogP contribution in [0.15, 0.2) is 18.2 Å². The van der Waals surface area contributed by atoms with Gasteiger partial charge in [0, 0.05) is 6.42 Å². The van der Waals surface area contributed by atoms with Gasteiger partial charge < -0.3 is 0 Å². The van der Waals surface area contributed by atoms with E-state index in [4.69, 9.17) is 0 Å². The fraction of sp³-hybridized carbons (Fsp3) is 0.429. The molecule has 0 aliphatic carbocycles. The van der Waals surface area contributed by atoms with Gasteiger partial charge in [-0.1, -0.05) is 36.2 Å². The van der Waals surface area contributed by atoms with E-state index in [0.29, 0.717) is 5.92 Å². The summed E-state index contributed by atoms with van der Waals surface area (Å²) in [7, 11) is 0. The van der Waals surface area contributed by atoms with Crippen LogP contribution in [-0.4, -0.2) is 0 Å². The van der Waals surface area contributed by atoms with Crippen LogP contribution in [0.2, 0.25) is 0 Å². The Morgan fingerprint density at radius 3 is 2.21 bits per heavy atom.